The number of anilines is 1. The van der Waals surface area contributed by atoms with E-state index in [-0.39, 0.29) is 17.4 Å². The first-order chi connectivity index (χ1) is 14.0. The van der Waals surface area contributed by atoms with Crippen LogP contribution in [0.2, 0.25) is 0 Å². The van der Waals surface area contributed by atoms with Gasteiger partial charge < -0.3 is 24.8 Å². The summed E-state index contributed by atoms with van der Waals surface area (Å²) >= 11 is 0. The second-order valence-electron chi connectivity index (χ2n) is 6.87. The van der Waals surface area contributed by atoms with E-state index in [0.717, 1.165) is 25.1 Å². The van der Waals surface area contributed by atoms with Crippen molar-refractivity contribution < 1.29 is 24.2 Å². The average Bonchev–Trinajstić information content (AvgIpc) is 3.12. The standard InChI is InChI=1S/C22H24N2O5/c1-24-12-11-16(14-24)29-19-9-7-15(13-20(19)28-2)8-10-21(25)23-18-6-4-3-5-17(18)22(26)27/h3-10,13,16H,11-12,14H2,1-2H3,(H,23,25)(H,26,27). The Balaban J connectivity index is 1.67. The molecular weight excluding hydrogens is 372 g/mol. The molecular formula is C22H24N2O5. The lowest BCUT2D eigenvalue weighted by atomic mass is 10.1. The Morgan fingerprint density at radius 2 is 2.00 bits per heavy atom. The predicted octanol–water partition coefficient (Wildman–Crippen LogP) is 3.13. The fourth-order valence-electron chi connectivity index (χ4n) is 3.18. The summed E-state index contributed by atoms with van der Waals surface area (Å²) in [6, 6.07) is 11.7. The summed E-state index contributed by atoms with van der Waals surface area (Å²) in [7, 11) is 3.64. The number of aromatic carboxylic acids is 1. The number of likely N-dealkylation sites (tertiary alicyclic amines) is 1. The normalized spacial score (nSPS) is 16.7. The smallest absolute Gasteiger partial charge is 0.337 e. The molecule has 0 aromatic heterocycles. The molecule has 0 spiro atoms. The molecule has 2 aromatic carbocycles. The van der Waals surface area contributed by atoms with Crippen molar-refractivity contribution in [2.24, 2.45) is 0 Å². The predicted molar refractivity (Wildman–Crippen MR) is 111 cm³/mol. The number of amides is 1. The summed E-state index contributed by atoms with van der Waals surface area (Å²) in [5.74, 6) is -0.256. The average molecular weight is 396 g/mol. The zero-order valence-electron chi connectivity index (χ0n) is 16.4. The molecule has 7 heteroatoms. The van der Waals surface area contributed by atoms with Gasteiger partial charge in [-0.25, -0.2) is 4.79 Å². The molecule has 29 heavy (non-hydrogen) atoms. The Labute approximate surface area is 169 Å². The van der Waals surface area contributed by atoms with Gasteiger partial charge in [-0.3, -0.25) is 4.79 Å². The van der Waals surface area contributed by atoms with Gasteiger partial charge in [0.05, 0.1) is 18.4 Å². The number of hydrogen-bond acceptors (Lipinski definition) is 5. The van der Waals surface area contributed by atoms with Gasteiger partial charge in [0.25, 0.3) is 0 Å². The molecule has 3 rings (SSSR count). The maximum atomic E-state index is 12.2. The number of nitrogens with one attached hydrogen (secondary N) is 1. The molecule has 0 bridgehead atoms. The molecule has 1 fully saturated rings. The number of carboxylic acid groups (broad SMARTS) is 1. The molecule has 0 radical (unpaired) electrons. The van der Waals surface area contributed by atoms with Crippen molar-refractivity contribution in [1.82, 2.24) is 4.90 Å². The first-order valence-electron chi connectivity index (χ1n) is 9.31. The maximum absolute atomic E-state index is 12.2. The maximum Gasteiger partial charge on any atom is 0.337 e. The molecule has 2 aromatic rings. The second kappa shape index (κ2) is 9.25. The van der Waals surface area contributed by atoms with E-state index in [1.54, 1.807) is 37.5 Å². The van der Waals surface area contributed by atoms with Crippen molar-refractivity contribution in [2.45, 2.75) is 12.5 Å². The third-order valence-electron chi connectivity index (χ3n) is 4.67. The highest BCUT2D eigenvalue weighted by atomic mass is 16.5. The number of likely N-dealkylation sites (N-methyl/N-ethyl adjacent to an activating group) is 1. The van der Waals surface area contributed by atoms with Crippen LogP contribution in [0.15, 0.2) is 48.5 Å². The number of para-hydroxylation sites is 1. The SMILES string of the molecule is COc1cc(C=CC(=O)Nc2ccccc2C(=O)O)ccc1OC1CCN(C)C1. The highest BCUT2D eigenvalue weighted by Crippen LogP contribution is 2.30. The lowest BCUT2D eigenvalue weighted by Gasteiger charge is -2.16. The number of carbonyl (C=O) groups is 2. The van der Waals surface area contributed by atoms with Crippen molar-refractivity contribution in [3.05, 3.63) is 59.7 Å². The molecule has 1 unspecified atom stereocenters. The van der Waals surface area contributed by atoms with Crippen LogP contribution in [0.1, 0.15) is 22.3 Å². The summed E-state index contributed by atoms with van der Waals surface area (Å²) in [4.78, 5) is 25.6. The molecule has 2 N–H and O–H groups in total. The molecule has 0 aliphatic carbocycles. The van der Waals surface area contributed by atoms with Crippen LogP contribution in [-0.4, -0.2) is 55.2 Å². The molecule has 7 nitrogen and oxygen atoms in total. The van der Waals surface area contributed by atoms with Crippen LogP contribution in [0.4, 0.5) is 5.69 Å². The third-order valence-corrected chi connectivity index (χ3v) is 4.67. The van der Waals surface area contributed by atoms with E-state index >= 15 is 0 Å². The van der Waals surface area contributed by atoms with Gasteiger partial charge in [0.15, 0.2) is 11.5 Å². The Morgan fingerprint density at radius 1 is 1.21 bits per heavy atom. The van der Waals surface area contributed by atoms with Crippen LogP contribution in [0, 0.1) is 0 Å². The van der Waals surface area contributed by atoms with E-state index in [2.05, 4.69) is 17.3 Å². The van der Waals surface area contributed by atoms with Crippen molar-refractivity contribution in [2.75, 3.05) is 32.6 Å². The van der Waals surface area contributed by atoms with Crippen molar-refractivity contribution in [3.63, 3.8) is 0 Å². The van der Waals surface area contributed by atoms with E-state index < -0.39 is 11.9 Å². The topological polar surface area (TPSA) is 88.1 Å². The molecule has 1 saturated heterocycles. The van der Waals surface area contributed by atoms with E-state index in [1.807, 2.05) is 12.1 Å². The molecule has 152 valence electrons. The van der Waals surface area contributed by atoms with Crippen LogP contribution in [-0.2, 0) is 4.79 Å². The number of hydrogen-bond donors (Lipinski definition) is 2. The molecule has 0 saturated carbocycles. The van der Waals surface area contributed by atoms with Crippen LogP contribution in [0.5, 0.6) is 11.5 Å². The Hall–Kier alpha value is -3.32. The highest BCUT2D eigenvalue weighted by Gasteiger charge is 2.22. The summed E-state index contributed by atoms with van der Waals surface area (Å²) in [5, 5.41) is 11.8. The third kappa shape index (κ3) is 5.36. The van der Waals surface area contributed by atoms with Crippen LogP contribution in [0.25, 0.3) is 6.08 Å². The van der Waals surface area contributed by atoms with E-state index in [4.69, 9.17) is 9.47 Å². The minimum atomic E-state index is -1.10. The zero-order chi connectivity index (χ0) is 20.8. The largest absolute Gasteiger partial charge is 0.493 e. The highest BCUT2D eigenvalue weighted by molar-refractivity contribution is 6.06. The van der Waals surface area contributed by atoms with Crippen molar-refractivity contribution in [3.8, 4) is 11.5 Å². The van der Waals surface area contributed by atoms with Crippen molar-refractivity contribution in [1.29, 1.82) is 0 Å². The van der Waals surface area contributed by atoms with Crippen LogP contribution in [0.3, 0.4) is 0 Å². The van der Waals surface area contributed by atoms with E-state index in [9.17, 15) is 14.7 Å². The minimum absolute atomic E-state index is 0.0370. The van der Waals surface area contributed by atoms with Crippen LogP contribution < -0.4 is 14.8 Å². The Bertz CT molecular complexity index is 925. The number of nitrogens with zero attached hydrogens (tertiary/aromatic N) is 1. The van der Waals surface area contributed by atoms with Gasteiger partial charge in [-0.2, -0.15) is 0 Å². The zero-order valence-corrected chi connectivity index (χ0v) is 16.4. The van der Waals surface area contributed by atoms with Gasteiger partial charge in [0.2, 0.25) is 5.91 Å². The van der Waals surface area contributed by atoms with Gasteiger partial charge in [-0.1, -0.05) is 18.2 Å². The van der Waals surface area contributed by atoms with Crippen LogP contribution >= 0.6 is 0 Å². The summed E-state index contributed by atoms with van der Waals surface area (Å²) in [6.45, 7) is 1.89. The lowest BCUT2D eigenvalue weighted by Crippen LogP contribution is -2.21. The number of rotatable bonds is 7. The number of benzene rings is 2. The van der Waals surface area contributed by atoms with Crippen molar-refractivity contribution >= 4 is 23.6 Å². The van der Waals surface area contributed by atoms with Gasteiger partial charge in [-0.05, 0) is 49.4 Å². The minimum Gasteiger partial charge on any atom is -0.493 e. The van der Waals surface area contributed by atoms with Gasteiger partial charge in [0.1, 0.15) is 6.10 Å². The van der Waals surface area contributed by atoms with Gasteiger partial charge in [-0.15, -0.1) is 0 Å². The molecule has 1 heterocycles. The Kier molecular flexibility index (Phi) is 6.51. The second-order valence-corrected chi connectivity index (χ2v) is 6.87. The quantitative estimate of drug-likeness (QED) is 0.699. The summed E-state index contributed by atoms with van der Waals surface area (Å²) in [5.41, 5.74) is 1.05. The van der Waals surface area contributed by atoms with Gasteiger partial charge in [0, 0.05) is 19.2 Å². The lowest BCUT2D eigenvalue weighted by molar-refractivity contribution is -0.111. The van der Waals surface area contributed by atoms with E-state index in [1.165, 1.54) is 12.1 Å². The summed E-state index contributed by atoms with van der Waals surface area (Å²) < 4.78 is 11.5. The first kappa shape index (κ1) is 20.4. The molecule has 1 aliphatic heterocycles. The molecule has 1 amide bonds. The monoisotopic (exact) mass is 396 g/mol. The Morgan fingerprint density at radius 3 is 2.69 bits per heavy atom. The fourth-order valence-corrected chi connectivity index (χ4v) is 3.18. The van der Waals surface area contributed by atoms with Gasteiger partial charge >= 0.3 is 5.97 Å². The first-order valence-corrected chi connectivity index (χ1v) is 9.31. The number of methoxy groups -OCH3 is 1. The number of carbonyl (C=O) groups excluding carboxylic acids is 1. The molecule has 1 aliphatic rings. The summed E-state index contributed by atoms with van der Waals surface area (Å²) in [6.07, 6.45) is 4.09. The number of ether oxygens (including phenoxy) is 2. The van der Waals surface area contributed by atoms with E-state index in [0.29, 0.717) is 11.5 Å². The number of carboxylic acids is 1. The fraction of sp³-hybridized carbons (Fsp3) is 0.273. The molecule has 1 atom stereocenters.